The van der Waals surface area contributed by atoms with E-state index in [0.717, 1.165) is 38.4 Å². The Hall–Kier alpha value is -2.88. The number of hydrogen-bond acceptors (Lipinski definition) is 4. The van der Waals surface area contributed by atoms with Gasteiger partial charge in [-0.1, -0.05) is 18.2 Å². The van der Waals surface area contributed by atoms with Crippen LogP contribution in [0.3, 0.4) is 0 Å². The van der Waals surface area contributed by atoms with Crippen LogP contribution in [0.25, 0.3) is 0 Å². The van der Waals surface area contributed by atoms with Gasteiger partial charge in [0.05, 0.1) is 5.56 Å². The molecule has 32 heavy (non-hydrogen) atoms. The van der Waals surface area contributed by atoms with Crippen molar-refractivity contribution in [1.82, 2.24) is 19.6 Å². The number of nitrogens with one attached hydrogen (secondary N) is 1. The molecule has 2 amide bonds. The summed E-state index contributed by atoms with van der Waals surface area (Å²) in [4.78, 5) is 27.8. The normalized spacial score (nSPS) is 18.8. The van der Waals surface area contributed by atoms with Crippen molar-refractivity contribution in [3.05, 3.63) is 47.7 Å². The number of anilines is 1. The lowest BCUT2D eigenvalue weighted by Gasteiger charge is -2.39. The molecule has 0 bridgehead atoms. The number of carbonyl (C=O) groups excluding carboxylic acids is 2. The van der Waals surface area contributed by atoms with Crippen molar-refractivity contribution in [2.75, 3.05) is 31.5 Å². The van der Waals surface area contributed by atoms with E-state index in [1.807, 2.05) is 0 Å². The number of nitrogens with zero attached hydrogens (tertiary/aromatic N) is 4. The molecule has 0 unspecified atom stereocenters. The van der Waals surface area contributed by atoms with Crippen LogP contribution < -0.4 is 5.32 Å². The van der Waals surface area contributed by atoms with E-state index >= 15 is 0 Å². The molecule has 1 aromatic heterocycles. The van der Waals surface area contributed by atoms with Crippen LogP contribution >= 0.6 is 0 Å². The molecule has 1 aromatic carbocycles. The van der Waals surface area contributed by atoms with Gasteiger partial charge < -0.3 is 10.2 Å². The minimum atomic E-state index is -4.33. The maximum atomic E-state index is 13.0. The Bertz CT molecular complexity index is 995. The first-order chi connectivity index (χ1) is 15.1. The topological polar surface area (TPSA) is 70.5 Å². The summed E-state index contributed by atoms with van der Waals surface area (Å²) in [6.07, 6.45) is -0.138. The highest BCUT2D eigenvalue weighted by atomic mass is 19.4. The zero-order chi connectivity index (χ0) is 22.9. The van der Waals surface area contributed by atoms with Crippen molar-refractivity contribution >= 4 is 17.8 Å². The highest BCUT2D eigenvalue weighted by Gasteiger charge is 2.41. The molecule has 0 radical (unpaired) electrons. The van der Waals surface area contributed by atoms with Gasteiger partial charge in [0.2, 0.25) is 5.91 Å². The minimum absolute atomic E-state index is 0.0872. The van der Waals surface area contributed by atoms with Gasteiger partial charge in [-0.15, -0.1) is 5.10 Å². The molecule has 0 atom stereocenters. The van der Waals surface area contributed by atoms with Crippen LogP contribution in [0, 0.1) is 5.41 Å². The van der Waals surface area contributed by atoms with Crippen LogP contribution in [0.1, 0.15) is 37.3 Å². The Balaban J connectivity index is 1.32. The van der Waals surface area contributed by atoms with Gasteiger partial charge >= 0.3 is 12.2 Å². The molecule has 2 fully saturated rings. The summed E-state index contributed by atoms with van der Waals surface area (Å²) >= 11 is 0. The lowest BCUT2D eigenvalue weighted by atomic mass is 9.78. The molecule has 2 aliphatic rings. The molecule has 7 nitrogen and oxygen atoms in total. The molecular weight excluding hydrogens is 423 g/mol. The Morgan fingerprint density at radius 2 is 1.84 bits per heavy atom. The number of amides is 2. The monoisotopic (exact) mass is 449 g/mol. The first-order valence-electron chi connectivity index (χ1n) is 10.6. The molecule has 3 heterocycles. The first-order valence-corrected chi connectivity index (χ1v) is 10.6. The SMILES string of the molecule is CC(=O)Nc1ccn(C(=O)N2CCC3(CCN(Cc4cccc(C(F)(F)F)c4)C3)CC2)n1. The third-order valence-electron chi connectivity index (χ3n) is 6.36. The lowest BCUT2D eigenvalue weighted by molar-refractivity contribution is -0.137. The molecular formula is C22H26F3N5O2. The number of rotatable bonds is 3. The zero-order valence-corrected chi connectivity index (χ0v) is 17.9. The average molecular weight is 449 g/mol. The van der Waals surface area contributed by atoms with Gasteiger partial charge in [0.25, 0.3) is 0 Å². The Morgan fingerprint density at radius 3 is 2.53 bits per heavy atom. The third kappa shape index (κ3) is 4.95. The maximum Gasteiger partial charge on any atom is 0.416 e. The number of aromatic nitrogens is 2. The van der Waals surface area contributed by atoms with Gasteiger partial charge in [-0.3, -0.25) is 9.69 Å². The van der Waals surface area contributed by atoms with E-state index in [1.54, 1.807) is 17.0 Å². The molecule has 10 heteroatoms. The van der Waals surface area contributed by atoms with Gasteiger partial charge in [0.1, 0.15) is 0 Å². The fraction of sp³-hybridized carbons (Fsp3) is 0.500. The number of likely N-dealkylation sites (tertiary alicyclic amines) is 2. The molecule has 2 aliphatic heterocycles. The fourth-order valence-corrected chi connectivity index (χ4v) is 4.67. The highest BCUT2D eigenvalue weighted by molar-refractivity contribution is 5.87. The summed E-state index contributed by atoms with van der Waals surface area (Å²) in [7, 11) is 0. The van der Waals surface area contributed by atoms with Gasteiger partial charge in [-0.05, 0) is 42.9 Å². The quantitative estimate of drug-likeness (QED) is 0.774. The molecule has 1 N–H and O–H groups in total. The lowest BCUT2D eigenvalue weighted by Crippen LogP contribution is -2.45. The number of alkyl halides is 3. The van der Waals surface area contributed by atoms with Gasteiger partial charge in [0.15, 0.2) is 5.82 Å². The largest absolute Gasteiger partial charge is 0.416 e. The van der Waals surface area contributed by atoms with Crippen LogP contribution in [0.5, 0.6) is 0 Å². The van der Waals surface area contributed by atoms with Crippen LogP contribution in [0.2, 0.25) is 0 Å². The summed E-state index contributed by atoms with van der Waals surface area (Å²) in [6, 6.07) is 6.87. The van der Waals surface area contributed by atoms with E-state index in [1.165, 1.54) is 29.9 Å². The molecule has 0 saturated carbocycles. The Labute approximate surface area is 184 Å². The second-order valence-corrected chi connectivity index (χ2v) is 8.76. The zero-order valence-electron chi connectivity index (χ0n) is 17.9. The second-order valence-electron chi connectivity index (χ2n) is 8.76. The number of benzene rings is 1. The van der Waals surface area contributed by atoms with E-state index in [4.69, 9.17) is 0 Å². The summed E-state index contributed by atoms with van der Waals surface area (Å²) in [6.45, 7) is 4.73. The van der Waals surface area contributed by atoms with Gasteiger partial charge in [0, 0.05) is 45.4 Å². The Morgan fingerprint density at radius 1 is 1.12 bits per heavy atom. The number of hydrogen-bond donors (Lipinski definition) is 1. The van der Waals surface area contributed by atoms with Crippen molar-refractivity contribution in [3.8, 4) is 0 Å². The van der Waals surface area contributed by atoms with E-state index in [0.29, 0.717) is 31.0 Å². The molecule has 0 aliphatic carbocycles. The van der Waals surface area contributed by atoms with E-state index in [9.17, 15) is 22.8 Å². The smallest absolute Gasteiger partial charge is 0.323 e. The van der Waals surface area contributed by atoms with Gasteiger partial charge in [-0.25, -0.2) is 4.79 Å². The molecule has 2 saturated heterocycles. The third-order valence-corrected chi connectivity index (χ3v) is 6.36. The van der Waals surface area contributed by atoms with Crippen LogP contribution in [0.15, 0.2) is 36.5 Å². The van der Waals surface area contributed by atoms with Crippen molar-refractivity contribution in [1.29, 1.82) is 0 Å². The van der Waals surface area contributed by atoms with E-state index in [-0.39, 0.29) is 17.4 Å². The maximum absolute atomic E-state index is 13.0. The fourth-order valence-electron chi connectivity index (χ4n) is 4.67. The average Bonchev–Trinajstić information content (AvgIpc) is 3.35. The summed E-state index contributed by atoms with van der Waals surface area (Å²) in [5.74, 6) is 0.0823. The van der Waals surface area contributed by atoms with E-state index < -0.39 is 11.7 Å². The standard InChI is InChI=1S/C22H26F3N5O2/c1-16(31)26-19-5-9-30(27-19)20(32)29-11-7-21(8-12-29)6-10-28(15-21)14-17-3-2-4-18(13-17)22(23,24)25/h2-5,9,13H,6-8,10-12,14-15H2,1H3,(H,26,27,31). The number of halogens is 3. The van der Waals surface area contributed by atoms with Crippen LogP contribution in [-0.4, -0.2) is 57.7 Å². The highest BCUT2D eigenvalue weighted by Crippen LogP contribution is 2.41. The van der Waals surface area contributed by atoms with Crippen molar-refractivity contribution < 1.29 is 22.8 Å². The summed E-state index contributed by atoms with van der Waals surface area (Å²) < 4.78 is 40.2. The summed E-state index contributed by atoms with van der Waals surface area (Å²) in [5.41, 5.74) is 0.137. The van der Waals surface area contributed by atoms with Gasteiger partial charge in [-0.2, -0.15) is 17.9 Å². The van der Waals surface area contributed by atoms with Crippen molar-refractivity contribution in [3.63, 3.8) is 0 Å². The number of piperidine rings is 1. The van der Waals surface area contributed by atoms with E-state index in [2.05, 4.69) is 15.3 Å². The Kier molecular flexibility index (Phi) is 5.98. The predicted octanol–water partition coefficient (Wildman–Crippen LogP) is 3.82. The molecule has 1 spiro atoms. The molecule has 2 aromatic rings. The van der Waals surface area contributed by atoms with Crippen molar-refractivity contribution in [2.45, 2.75) is 38.9 Å². The van der Waals surface area contributed by atoms with Crippen LogP contribution in [0.4, 0.5) is 23.8 Å². The number of carbonyl (C=O) groups is 2. The van der Waals surface area contributed by atoms with Crippen molar-refractivity contribution in [2.24, 2.45) is 5.41 Å². The first kappa shape index (κ1) is 22.3. The predicted molar refractivity (Wildman–Crippen MR) is 112 cm³/mol. The second kappa shape index (κ2) is 8.57. The van der Waals surface area contributed by atoms with Crippen LogP contribution in [-0.2, 0) is 17.5 Å². The summed E-state index contributed by atoms with van der Waals surface area (Å²) in [5, 5.41) is 6.65. The molecule has 172 valence electrons. The minimum Gasteiger partial charge on any atom is -0.323 e. The molecule has 4 rings (SSSR count).